The van der Waals surface area contributed by atoms with Crippen molar-refractivity contribution < 1.29 is 13.7 Å². The van der Waals surface area contributed by atoms with Crippen molar-refractivity contribution in [3.05, 3.63) is 59.6 Å². The van der Waals surface area contributed by atoms with Gasteiger partial charge < -0.3 is 9.84 Å². The molecule has 4 aromatic rings. The number of rotatable bonds is 6. The largest absolute Gasteiger partial charge is 0.334 e. The topological polar surface area (TPSA) is 98.2 Å². The minimum absolute atomic E-state index is 0.0223. The van der Waals surface area contributed by atoms with Crippen molar-refractivity contribution in [2.75, 3.05) is 5.32 Å². The summed E-state index contributed by atoms with van der Waals surface area (Å²) in [5.41, 5.74) is 2.36. The van der Waals surface area contributed by atoms with E-state index >= 15 is 0 Å². The molecule has 4 rings (SSSR count). The third kappa shape index (κ3) is 3.84. The van der Waals surface area contributed by atoms with Crippen molar-refractivity contribution in [1.82, 2.24) is 24.7 Å². The standard InChI is InChI=1S/C20H19FN6O2/c1-3-5-16-23-20(29-26-16)14-6-4-9-27-17(24-25-19(14)27)11-18(28)22-15-10-13(21)8-7-12(15)2/h4,6-10H,3,5,11H2,1-2H3,(H,22,28). The van der Waals surface area contributed by atoms with Gasteiger partial charge in [0.05, 0.1) is 12.0 Å². The van der Waals surface area contributed by atoms with Crippen molar-refractivity contribution in [3.8, 4) is 11.5 Å². The number of nitrogens with zero attached hydrogens (tertiary/aromatic N) is 5. The molecular formula is C20H19FN6O2. The van der Waals surface area contributed by atoms with Crippen LogP contribution in [0.25, 0.3) is 17.1 Å². The second kappa shape index (κ2) is 7.78. The van der Waals surface area contributed by atoms with E-state index in [0.717, 1.165) is 18.4 Å². The van der Waals surface area contributed by atoms with E-state index in [4.69, 9.17) is 4.52 Å². The maximum absolute atomic E-state index is 13.4. The Labute approximate surface area is 165 Å². The molecule has 0 radical (unpaired) electrons. The van der Waals surface area contributed by atoms with Gasteiger partial charge in [-0.2, -0.15) is 4.98 Å². The van der Waals surface area contributed by atoms with Crippen LogP contribution < -0.4 is 5.32 Å². The van der Waals surface area contributed by atoms with Gasteiger partial charge in [0.2, 0.25) is 5.91 Å². The number of halogens is 1. The van der Waals surface area contributed by atoms with Gasteiger partial charge in [0, 0.05) is 18.3 Å². The average molecular weight is 394 g/mol. The number of carbonyl (C=O) groups excluding carboxylic acids is 1. The molecule has 0 fully saturated rings. The summed E-state index contributed by atoms with van der Waals surface area (Å²) in [4.78, 5) is 16.9. The van der Waals surface area contributed by atoms with Gasteiger partial charge in [0.1, 0.15) is 11.6 Å². The van der Waals surface area contributed by atoms with Crippen LogP contribution in [0.1, 0.15) is 30.6 Å². The molecule has 0 aliphatic rings. The van der Waals surface area contributed by atoms with E-state index in [9.17, 15) is 9.18 Å². The number of fused-ring (bicyclic) bond motifs is 1. The lowest BCUT2D eigenvalue weighted by atomic mass is 10.2. The number of amides is 1. The fraction of sp³-hybridized carbons (Fsp3) is 0.250. The highest BCUT2D eigenvalue weighted by atomic mass is 19.1. The molecule has 1 amide bonds. The number of aryl methyl sites for hydroxylation is 2. The van der Waals surface area contributed by atoms with Crippen LogP contribution in [0.2, 0.25) is 0 Å². The lowest BCUT2D eigenvalue weighted by Gasteiger charge is -2.08. The van der Waals surface area contributed by atoms with Gasteiger partial charge in [-0.3, -0.25) is 9.20 Å². The van der Waals surface area contributed by atoms with Gasteiger partial charge in [-0.05, 0) is 43.2 Å². The van der Waals surface area contributed by atoms with Crippen LogP contribution in [-0.4, -0.2) is 30.6 Å². The lowest BCUT2D eigenvalue weighted by Crippen LogP contribution is -2.17. The van der Waals surface area contributed by atoms with E-state index < -0.39 is 5.82 Å². The Bertz CT molecular complexity index is 1180. The number of hydrogen-bond acceptors (Lipinski definition) is 6. The maximum atomic E-state index is 13.4. The molecule has 0 aliphatic heterocycles. The fourth-order valence-corrected chi connectivity index (χ4v) is 3.01. The molecular weight excluding hydrogens is 375 g/mol. The highest BCUT2D eigenvalue weighted by molar-refractivity contribution is 5.92. The minimum atomic E-state index is -0.412. The molecule has 8 nitrogen and oxygen atoms in total. The minimum Gasteiger partial charge on any atom is -0.334 e. The van der Waals surface area contributed by atoms with Gasteiger partial charge in [0.25, 0.3) is 5.89 Å². The summed E-state index contributed by atoms with van der Waals surface area (Å²) < 4.78 is 20.5. The Morgan fingerprint density at radius 3 is 2.97 bits per heavy atom. The molecule has 0 unspecified atom stereocenters. The highest BCUT2D eigenvalue weighted by Crippen LogP contribution is 2.23. The predicted molar refractivity (Wildman–Crippen MR) is 104 cm³/mol. The quantitative estimate of drug-likeness (QED) is 0.538. The van der Waals surface area contributed by atoms with E-state index in [1.807, 2.05) is 13.0 Å². The number of hydrogen-bond donors (Lipinski definition) is 1. The summed E-state index contributed by atoms with van der Waals surface area (Å²) in [6, 6.07) is 7.86. The first kappa shape index (κ1) is 18.7. The number of carbonyl (C=O) groups is 1. The van der Waals surface area contributed by atoms with Crippen LogP contribution in [0.3, 0.4) is 0 Å². The maximum Gasteiger partial charge on any atom is 0.261 e. The van der Waals surface area contributed by atoms with Crippen molar-refractivity contribution in [3.63, 3.8) is 0 Å². The molecule has 3 aromatic heterocycles. The SMILES string of the molecule is CCCc1noc(-c2cccn3c(CC(=O)Nc4cc(F)ccc4C)nnc23)n1. The first-order valence-corrected chi connectivity index (χ1v) is 9.26. The monoisotopic (exact) mass is 394 g/mol. The van der Waals surface area contributed by atoms with E-state index in [2.05, 4.69) is 25.7 Å². The van der Waals surface area contributed by atoms with Gasteiger partial charge in [-0.1, -0.05) is 18.1 Å². The third-order valence-corrected chi connectivity index (χ3v) is 4.47. The first-order chi connectivity index (χ1) is 14.0. The number of aromatic nitrogens is 5. The Morgan fingerprint density at radius 1 is 1.28 bits per heavy atom. The summed E-state index contributed by atoms with van der Waals surface area (Å²) >= 11 is 0. The van der Waals surface area contributed by atoms with Gasteiger partial charge >= 0.3 is 0 Å². The zero-order valence-electron chi connectivity index (χ0n) is 16.0. The van der Waals surface area contributed by atoms with Gasteiger partial charge in [-0.25, -0.2) is 4.39 Å². The Hall–Kier alpha value is -3.62. The molecule has 29 heavy (non-hydrogen) atoms. The van der Waals surface area contributed by atoms with Crippen molar-refractivity contribution >= 4 is 17.2 Å². The summed E-state index contributed by atoms with van der Waals surface area (Å²) in [5, 5.41) is 15.0. The molecule has 0 saturated carbocycles. The Kier molecular flexibility index (Phi) is 5.03. The van der Waals surface area contributed by atoms with Crippen LogP contribution in [0.5, 0.6) is 0 Å². The molecule has 0 aliphatic carbocycles. The van der Waals surface area contributed by atoms with Crippen LogP contribution in [0, 0.1) is 12.7 Å². The predicted octanol–water partition coefficient (Wildman–Crippen LogP) is 3.36. The zero-order valence-corrected chi connectivity index (χ0v) is 16.0. The van der Waals surface area contributed by atoms with Crippen LogP contribution in [0.4, 0.5) is 10.1 Å². The Balaban J connectivity index is 1.59. The number of pyridine rings is 1. The number of benzene rings is 1. The van der Waals surface area contributed by atoms with Gasteiger partial charge in [-0.15, -0.1) is 10.2 Å². The normalized spacial score (nSPS) is 11.1. The van der Waals surface area contributed by atoms with E-state index in [1.165, 1.54) is 12.1 Å². The Morgan fingerprint density at radius 2 is 2.14 bits per heavy atom. The summed E-state index contributed by atoms with van der Waals surface area (Å²) in [6.07, 6.45) is 3.38. The van der Waals surface area contributed by atoms with Crippen LogP contribution in [0.15, 0.2) is 41.1 Å². The smallest absolute Gasteiger partial charge is 0.261 e. The zero-order chi connectivity index (χ0) is 20.4. The van der Waals surface area contributed by atoms with Crippen molar-refractivity contribution in [2.45, 2.75) is 33.1 Å². The average Bonchev–Trinajstić information content (AvgIpc) is 3.32. The fourth-order valence-electron chi connectivity index (χ4n) is 3.01. The summed E-state index contributed by atoms with van der Waals surface area (Å²) in [6.45, 7) is 3.84. The number of anilines is 1. The molecule has 0 atom stereocenters. The van der Waals surface area contributed by atoms with Crippen LogP contribution in [-0.2, 0) is 17.6 Å². The first-order valence-electron chi connectivity index (χ1n) is 9.26. The summed E-state index contributed by atoms with van der Waals surface area (Å²) in [7, 11) is 0. The summed E-state index contributed by atoms with van der Waals surface area (Å²) in [5.74, 6) is 0.709. The third-order valence-electron chi connectivity index (χ3n) is 4.47. The highest BCUT2D eigenvalue weighted by Gasteiger charge is 2.17. The molecule has 3 heterocycles. The molecule has 148 valence electrons. The molecule has 1 N–H and O–H groups in total. The van der Waals surface area contributed by atoms with Crippen molar-refractivity contribution in [2.24, 2.45) is 0 Å². The molecule has 9 heteroatoms. The molecule has 0 bridgehead atoms. The van der Waals surface area contributed by atoms with Crippen LogP contribution >= 0.6 is 0 Å². The lowest BCUT2D eigenvalue weighted by molar-refractivity contribution is -0.115. The van der Waals surface area contributed by atoms with E-state index in [1.54, 1.807) is 29.7 Å². The second-order valence-electron chi connectivity index (χ2n) is 6.68. The molecule has 1 aromatic carbocycles. The van der Waals surface area contributed by atoms with Gasteiger partial charge in [0.15, 0.2) is 11.5 Å². The van der Waals surface area contributed by atoms with E-state index in [0.29, 0.717) is 34.4 Å². The van der Waals surface area contributed by atoms with Crippen molar-refractivity contribution in [1.29, 1.82) is 0 Å². The second-order valence-corrected chi connectivity index (χ2v) is 6.68. The molecule has 0 spiro atoms. The molecule has 0 saturated heterocycles. The number of nitrogens with one attached hydrogen (secondary N) is 1. The van der Waals surface area contributed by atoms with E-state index in [-0.39, 0.29) is 12.3 Å².